The van der Waals surface area contributed by atoms with Crippen molar-refractivity contribution in [2.24, 2.45) is 0 Å². The average Bonchev–Trinajstić information content (AvgIpc) is 3.64. The fraction of sp³-hybridized carbons (Fsp3) is 0.265. The third-order valence-electron chi connectivity index (χ3n) is 7.55. The molecule has 210 valence electrons. The lowest BCUT2D eigenvalue weighted by molar-refractivity contribution is 0.388. The van der Waals surface area contributed by atoms with E-state index in [1.54, 1.807) is 11.3 Å². The van der Waals surface area contributed by atoms with Gasteiger partial charge in [-0.25, -0.2) is 4.79 Å². The Morgan fingerprint density at radius 2 is 1.83 bits per heavy atom. The Bertz CT molecular complexity index is 1850. The first-order valence-corrected chi connectivity index (χ1v) is 15.0. The Morgan fingerprint density at radius 1 is 1.07 bits per heavy atom. The quantitative estimate of drug-likeness (QED) is 0.175. The van der Waals surface area contributed by atoms with Crippen molar-refractivity contribution in [3.63, 3.8) is 0 Å². The first kappa shape index (κ1) is 28.3. The van der Waals surface area contributed by atoms with Crippen molar-refractivity contribution < 1.29 is 4.52 Å². The maximum absolute atomic E-state index is 14.0. The third kappa shape index (κ3) is 5.95. The van der Waals surface area contributed by atoms with Gasteiger partial charge < -0.3 is 0 Å². The van der Waals surface area contributed by atoms with Crippen LogP contribution in [-0.4, -0.2) is 14.7 Å². The molecule has 7 heteroatoms. The normalized spacial score (nSPS) is 12.1. The first-order valence-electron chi connectivity index (χ1n) is 14.1. The maximum Gasteiger partial charge on any atom is 0.439 e. The number of aryl methyl sites for hydroxylation is 2. The van der Waals surface area contributed by atoms with Gasteiger partial charge in [0.15, 0.2) is 5.82 Å². The predicted octanol–water partition coefficient (Wildman–Crippen LogP) is 7.84. The van der Waals surface area contributed by atoms with Crippen LogP contribution in [0.25, 0.3) is 32.7 Å². The number of nitrogens with one attached hydrogen (secondary N) is 1. The van der Waals surface area contributed by atoms with E-state index in [0.717, 1.165) is 57.5 Å². The molecule has 3 heterocycles. The summed E-state index contributed by atoms with van der Waals surface area (Å²) in [5, 5.41) is 5.05. The summed E-state index contributed by atoms with van der Waals surface area (Å²) in [6.45, 7) is 8.95. The number of hydrogen-bond acceptors (Lipinski definition) is 5. The smallest absolute Gasteiger partial charge is 0.296 e. The molecular formula is C34H35N3O3S. The van der Waals surface area contributed by atoms with E-state index in [9.17, 15) is 9.59 Å². The molecule has 6 nitrogen and oxygen atoms in total. The zero-order valence-electron chi connectivity index (χ0n) is 24.0. The number of thiophene rings is 1. The molecule has 0 radical (unpaired) electrons. The largest absolute Gasteiger partial charge is 0.439 e. The van der Waals surface area contributed by atoms with Gasteiger partial charge >= 0.3 is 5.76 Å². The topological polar surface area (TPSA) is 80.9 Å². The molecule has 1 N–H and O–H groups in total. The van der Waals surface area contributed by atoms with Gasteiger partial charge in [0.05, 0.1) is 6.54 Å². The highest BCUT2D eigenvalue weighted by Gasteiger charge is 2.18. The van der Waals surface area contributed by atoms with E-state index in [0.29, 0.717) is 18.8 Å². The van der Waals surface area contributed by atoms with E-state index in [2.05, 4.69) is 74.3 Å². The van der Waals surface area contributed by atoms with E-state index in [-0.39, 0.29) is 5.56 Å². The summed E-state index contributed by atoms with van der Waals surface area (Å²) in [5.74, 6) is -0.190. The number of rotatable bonds is 10. The number of pyridine rings is 1. The van der Waals surface area contributed by atoms with Crippen LogP contribution in [0, 0.1) is 6.92 Å². The molecule has 0 spiro atoms. The Balaban J connectivity index is 1.50. The van der Waals surface area contributed by atoms with Crippen molar-refractivity contribution in [3.8, 4) is 22.5 Å². The SMILES string of the molecule is C/C=C(\C=C/CC)CCc1c(C)c2cc(CC)sc2n(Cc2ccc(-c3ccccc3-c3noc(=O)[nH]3)cc2)c1=O. The van der Waals surface area contributed by atoms with Crippen LogP contribution in [0.5, 0.6) is 0 Å². The summed E-state index contributed by atoms with van der Waals surface area (Å²) >= 11 is 1.72. The number of benzene rings is 2. The fourth-order valence-corrected chi connectivity index (χ4v) is 6.36. The number of H-pyrrole nitrogens is 1. The van der Waals surface area contributed by atoms with Gasteiger partial charge in [0, 0.05) is 21.4 Å². The van der Waals surface area contributed by atoms with Crippen LogP contribution >= 0.6 is 11.3 Å². The number of hydrogen-bond donors (Lipinski definition) is 1. The Morgan fingerprint density at radius 3 is 2.49 bits per heavy atom. The molecule has 0 unspecified atom stereocenters. The monoisotopic (exact) mass is 565 g/mol. The molecule has 3 aromatic heterocycles. The van der Waals surface area contributed by atoms with Crippen molar-refractivity contribution >= 4 is 21.6 Å². The third-order valence-corrected chi connectivity index (χ3v) is 8.85. The van der Waals surface area contributed by atoms with Crippen LogP contribution in [0.3, 0.4) is 0 Å². The highest BCUT2D eigenvalue weighted by molar-refractivity contribution is 7.18. The summed E-state index contributed by atoms with van der Waals surface area (Å²) in [7, 11) is 0. The summed E-state index contributed by atoms with van der Waals surface area (Å²) < 4.78 is 6.68. The highest BCUT2D eigenvalue weighted by Crippen LogP contribution is 2.32. The van der Waals surface area contributed by atoms with E-state index in [1.165, 1.54) is 15.8 Å². The van der Waals surface area contributed by atoms with Crippen molar-refractivity contribution in [2.45, 2.75) is 59.9 Å². The predicted molar refractivity (Wildman–Crippen MR) is 169 cm³/mol. The second kappa shape index (κ2) is 12.5. The summed E-state index contributed by atoms with van der Waals surface area (Å²) in [5.41, 5.74) is 7.10. The van der Waals surface area contributed by atoms with E-state index in [4.69, 9.17) is 4.52 Å². The average molecular weight is 566 g/mol. The van der Waals surface area contributed by atoms with Gasteiger partial charge in [-0.1, -0.05) is 91.3 Å². The molecule has 41 heavy (non-hydrogen) atoms. The van der Waals surface area contributed by atoms with Gasteiger partial charge in [-0.15, -0.1) is 11.3 Å². The lowest BCUT2D eigenvalue weighted by Gasteiger charge is -2.15. The van der Waals surface area contributed by atoms with Crippen molar-refractivity contribution in [1.82, 2.24) is 14.7 Å². The van der Waals surface area contributed by atoms with Crippen LogP contribution in [0.15, 0.2) is 92.5 Å². The van der Waals surface area contributed by atoms with Gasteiger partial charge in [0.2, 0.25) is 0 Å². The zero-order valence-corrected chi connectivity index (χ0v) is 24.8. The number of aromatic nitrogens is 3. The summed E-state index contributed by atoms with van der Waals surface area (Å²) in [6.07, 6.45) is 9.97. The molecule has 0 saturated heterocycles. The summed E-state index contributed by atoms with van der Waals surface area (Å²) in [4.78, 5) is 30.5. The van der Waals surface area contributed by atoms with E-state index in [1.807, 2.05) is 41.0 Å². The molecular weight excluding hydrogens is 530 g/mol. The number of aromatic amines is 1. The van der Waals surface area contributed by atoms with Gasteiger partial charge in [0.1, 0.15) is 4.83 Å². The maximum atomic E-state index is 14.0. The second-order valence-corrected chi connectivity index (χ2v) is 11.3. The molecule has 0 aliphatic rings. The molecule has 0 aliphatic carbocycles. The van der Waals surface area contributed by atoms with E-state index >= 15 is 0 Å². The molecule has 0 aliphatic heterocycles. The standard InChI is InChI=1S/C34H35N3O3S/c1-5-8-11-23(6-2)16-19-27-22(4)30-20-26(7-3)41-33(30)37(32(27)38)21-24-14-17-25(18-15-24)28-12-9-10-13-29(28)31-35-34(39)40-36-31/h6,8-15,17-18,20H,5,7,16,19,21H2,1-4H3,(H,35,36,39)/b11-8-,23-6+. The minimum absolute atomic E-state index is 0.0961. The van der Waals surface area contributed by atoms with Gasteiger partial charge in [-0.2, -0.15) is 0 Å². The highest BCUT2D eigenvalue weighted by atomic mass is 32.1. The second-order valence-electron chi connectivity index (χ2n) is 10.1. The zero-order chi connectivity index (χ0) is 28.9. The van der Waals surface area contributed by atoms with Crippen LogP contribution in [0.1, 0.15) is 55.2 Å². The van der Waals surface area contributed by atoms with Crippen LogP contribution in [-0.2, 0) is 19.4 Å². The minimum atomic E-state index is -0.585. The Labute approximate surface area is 243 Å². The fourth-order valence-electron chi connectivity index (χ4n) is 5.21. The molecule has 0 atom stereocenters. The molecule has 5 rings (SSSR count). The van der Waals surface area contributed by atoms with Gasteiger partial charge in [-0.3, -0.25) is 18.9 Å². The van der Waals surface area contributed by atoms with Crippen LogP contribution in [0.4, 0.5) is 0 Å². The molecule has 5 aromatic rings. The van der Waals surface area contributed by atoms with Crippen molar-refractivity contribution in [1.29, 1.82) is 0 Å². The Kier molecular flexibility index (Phi) is 8.64. The number of allylic oxidation sites excluding steroid dienone is 4. The lowest BCUT2D eigenvalue weighted by Crippen LogP contribution is -2.25. The number of nitrogens with zero attached hydrogens (tertiary/aromatic N) is 2. The minimum Gasteiger partial charge on any atom is -0.296 e. The number of fused-ring (bicyclic) bond motifs is 1. The Hall–Kier alpha value is -4.23. The van der Waals surface area contributed by atoms with Crippen molar-refractivity contribution in [3.05, 3.63) is 121 Å². The van der Waals surface area contributed by atoms with Crippen LogP contribution < -0.4 is 11.3 Å². The molecule has 0 amide bonds. The van der Waals surface area contributed by atoms with E-state index < -0.39 is 5.76 Å². The van der Waals surface area contributed by atoms with Crippen molar-refractivity contribution in [2.75, 3.05) is 0 Å². The summed E-state index contributed by atoms with van der Waals surface area (Å²) in [6, 6.07) is 18.2. The first-order chi connectivity index (χ1) is 19.9. The molecule has 0 bridgehead atoms. The lowest BCUT2D eigenvalue weighted by atomic mass is 9.98. The van der Waals surface area contributed by atoms with Gasteiger partial charge in [-0.05, 0) is 67.9 Å². The van der Waals surface area contributed by atoms with Crippen LogP contribution in [0.2, 0.25) is 0 Å². The molecule has 2 aromatic carbocycles. The molecule has 0 fully saturated rings. The molecule has 0 saturated carbocycles. The van der Waals surface area contributed by atoms with Gasteiger partial charge in [0.25, 0.3) is 5.56 Å².